The predicted molar refractivity (Wildman–Crippen MR) is 209 cm³/mol. The van der Waals surface area contributed by atoms with Gasteiger partial charge < -0.3 is 0 Å². The molecule has 0 fully saturated rings. The van der Waals surface area contributed by atoms with E-state index in [0.29, 0.717) is 0 Å². The van der Waals surface area contributed by atoms with Crippen LogP contribution in [0.5, 0.6) is 0 Å². The highest BCUT2D eigenvalue weighted by Gasteiger charge is 2.19. The quantitative estimate of drug-likeness (QED) is 0.138. The van der Waals surface area contributed by atoms with Gasteiger partial charge in [0.1, 0.15) is 0 Å². The number of benzene rings is 7. The fourth-order valence-electron chi connectivity index (χ4n) is 7.87. The van der Waals surface area contributed by atoms with Gasteiger partial charge in [0.05, 0.1) is 0 Å². The molecule has 48 heavy (non-hydrogen) atoms. The Morgan fingerprint density at radius 1 is 0.354 bits per heavy atom. The van der Waals surface area contributed by atoms with E-state index in [2.05, 4.69) is 131 Å². The molecule has 4 heterocycles. The van der Waals surface area contributed by atoms with Crippen LogP contribution < -0.4 is 0 Å². The maximum atomic E-state index is 4.34. The van der Waals surface area contributed by atoms with Crippen LogP contribution in [0.15, 0.2) is 146 Å². The second-order valence-corrected chi connectivity index (χ2v) is 14.6. The maximum absolute atomic E-state index is 4.34. The monoisotopic (exact) mass is 644 g/mol. The maximum Gasteiger partial charge on any atom is 0.0440 e. The lowest BCUT2D eigenvalue weighted by Crippen LogP contribution is -1.89. The van der Waals surface area contributed by atoms with E-state index < -0.39 is 0 Å². The molecule has 0 aliphatic rings. The molecule has 4 heteroatoms. The molecule has 0 bridgehead atoms. The molecule has 0 saturated carbocycles. The molecule has 0 unspecified atom stereocenters. The van der Waals surface area contributed by atoms with Crippen LogP contribution in [-0.4, -0.2) is 9.97 Å². The first-order valence-corrected chi connectivity index (χ1v) is 17.8. The third kappa shape index (κ3) is 3.67. The molecular weight excluding hydrogens is 621 g/mol. The first-order valence-electron chi connectivity index (χ1n) is 16.1. The number of fused-ring (bicyclic) bond motifs is 14. The Kier molecular flexibility index (Phi) is 5.45. The first kappa shape index (κ1) is 26.4. The summed E-state index contributed by atoms with van der Waals surface area (Å²) in [6.07, 6.45) is 7.58. The Balaban J connectivity index is 1.38. The molecule has 0 aliphatic carbocycles. The molecule has 11 rings (SSSR count). The van der Waals surface area contributed by atoms with E-state index in [-0.39, 0.29) is 0 Å². The third-order valence-corrected chi connectivity index (χ3v) is 12.4. The van der Waals surface area contributed by atoms with Crippen molar-refractivity contribution in [3.05, 3.63) is 146 Å². The van der Waals surface area contributed by atoms with Crippen molar-refractivity contribution < 1.29 is 0 Å². The lowest BCUT2D eigenvalue weighted by molar-refractivity contribution is 1.33. The lowest BCUT2D eigenvalue weighted by Gasteiger charge is -2.16. The minimum atomic E-state index is 1.18. The number of nitrogens with zero attached hydrogens (tertiary/aromatic N) is 2. The number of rotatable bonds is 2. The van der Waals surface area contributed by atoms with Gasteiger partial charge in [0.2, 0.25) is 0 Å². The average molecular weight is 645 g/mol. The van der Waals surface area contributed by atoms with Gasteiger partial charge in [0.15, 0.2) is 0 Å². The summed E-state index contributed by atoms with van der Waals surface area (Å²) in [6.45, 7) is 0. The van der Waals surface area contributed by atoms with Crippen LogP contribution in [0.4, 0.5) is 0 Å². The Bertz CT molecular complexity index is 2890. The van der Waals surface area contributed by atoms with Crippen LogP contribution in [0.25, 0.3) is 106 Å². The highest BCUT2D eigenvalue weighted by Crippen LogP contribution is 2.48. The van der Waals surface area contributed by atoms with Crippen molar-refractivity contribution in [1.29, 1.82) is 0 Å². The number of thiophene rings is 2. The first-order chi connectivity index (χ1) is 23.8. The summed E-state index contributed by atoms with van der Waals surface area (Å²) in [5.74, 6) is 0. The van der Waals surface area contributed by atoms with E-state index in [1.54, 1.807) is 0 Å². The summed E-state index contributed by atoms with van der Waals surface area (Å²) in [5, 5.41) is 15.6. The van der Waals surface area contributed by atoms with Gasteiger partial charge in [-0.25, -0.2) is 0 Å². The van der Waals surface area contributed by atoms with E-state index in [1.165, 1.54) is 106 Å². The highest BCUT2D eigenvalue weighted by molar-refractivity contribution is 7.27. The molecular formula is C44H24N2S2. The highest BCUT2D eigenvalue weighted by atomic mass is 32.1. The van der Waals surface area contributed by atoms with Gasteiger partial charge in [-0.2, -0.15) is 0 Å². The molecule has 0 saturated heterocycles. The lowest BCUT2D eigenvalue weighted by atomic mass is 9.88. The van der Waals surface area contributed by atoms with Crippen LogP contribution in [0, 0.1) is 0 Å². The number of hydrogen-bond donors (Lipinski definition) is 0. The second kappa shape index (κ2) is 9.91. The van der Waals surface area contributed by atoms with Crippen LogP contribution in [0.1, 0.15) is 0 Å². The number of pyridine rings is 2. The molecule has 4 aromatic heterocycles. The molecule has 0 spiro atoms. The van der Waals surface area contributed by atoms with Crippen LogP contribution in [0.2, 0.25) is 0 Å². The van der Waals surface area contributed by atoms with Gasteiger partial charge in [-0.05, 0) is 115 Å². The van der Waals surface area contributed by atoms with E-state index in [4.69, 9.17) is 0 Å². The van der Waals surface area contributed by atoms with E-state index in [9.17, 15) is 0 Å². The topological polar surface area (TPSA) is 25.8 Å². The molecule has 0 radical (unpaired) electrons. The van der Waals surface area contributed by atoms with Gasteiger partial charge >= 0.3 is 0 Å². The zero-order chi connectivity index (χ0) is 31.3. The number of aromatic nitrogens is 2. The van der Waals surface area contributed by atoms with Crippen LogP contribution >= 0.6 is 22.7 Å². The third-order valence-electron chi connectivity index (χ3n) is 10.0. The zero-order valence-corrected chi connectivity index (χ0v) is 27.2. The Morgan fingerprint density at radius 2 is 0.792 bits per heavy atom. The van der Waals surface area contributed by atoms with E-state index in [1.807, 2.05) is 47.5 Å². The largest absolute Gasteiger partial charge is 0.265 e. The molecule has 11 aromatic rings. The summed E-state index contributed by atoms with van der Waals surface area (Å²) in [6, 6.07) is 45.2. The smallest absolute Gasteiger partial charge is 0.0440 e. The second-order valence-electron chi connectivity index (χ2n) is 12.5. The van der Waals surface area contributed by atoms with Crippen molar-refractivity contribution in [2.24, 2.45) is 0 Å². The summed E-state index contributed by atoms with van der Waals surface area (Å²) < 4.78 is 5.34. The van der Waals surface area contributed by atoms with Crippen molar-refractivity contribution in [3.8, 4) is 22.3 Å². The molecule has 0 aliphatic heterocycles. The predicted octanol–water partition coefficient (Wildman–Crippen LogP) is 13.2. The van der Waals surface area contributed by atoms with Gasteiger partial charge in [-0.1, -0.05) is 60.7 Å². The zero-order valence-electron chi connectivity index (χ0n) is 25.6. The molecule has 0 amide bonds. The van der Waals surface area contributed by atoms with E-state index in [0.717, 1.165) is 0 Å². The fraction of sp³-hybridized carbons (Fsp3) is 0. The van der Waals surface area contributed by atoms with Gasteiger partial charge in [-0.3, -0.25) is 9.97 Å². The van der Waals surface area contributed by atoms with Crippen molar-refractivity contribution >= 4 is 106 Å². The molecule has 222 valence electrons. The Morgan fingerprint density at radius 3 is 1.27 bits per heavy atom. The van der Waals surface area contributed by atoms with Gasteiger partial charge in [-0.15, -0.1) is 22.7 Å². The summed E-state index contributed by atoms with van der Waals surface area (Å²) in [7, 11) is 0. The van der Waals surface area contributed by atoms with Gasteiger partial charge in [0, 0.05) is 75.9 Å². The van der Waals surface area contributed by atoms with E-state index >= 15 is 0 Å². The average Bonchev–Trinajstić information content (AvgIpc) is 3.72. The summed E-state index contributed by atoms with van der Waals surface area (Å²) in [5.41, 5.74) is 4.84. The fourth-order valence-corrected chi connectivity index (χ4v) is 10.4. The molecule has 2 nitrogen and oxygen atoms in total. The normalized spacial score (nSPS) is 12.2. The Hall–Kier alpha value is -5.68. The van der Waals surface area contributed by atoms with Crippen LogP contribution in [0.3, 0.4) is 0 Å². The van der Waals surface area contributed by atoms with Crippen molar-refractivity contribution in [1.82, 2.24) is 9.97 Å². The Labute approximate surface area is 283 Å². The van der Waals surface area contributed by atoms with Crippen molar-refractivity contribution in [3.63, 3.8) is 0 Å². The summed E-state index contributed by atoms with van der Waals surface area (Å²) >= 11 is 3.82. The summed E-state index contributed by atoms with van der Waals surface area (Å²) in [4.78, 5) is 8.68. The van der Waals surface area contributed by atoms with Crippen LogP contribution in [-0.2, 0) is 0 Å². The molecule has 0 N–H and O–H groups in total. The minimum absolute atomic E-state index is 1.18. The van der Waals surface area contributed by atoms with Gasteiger partial charge in [0.25, 0.3) is 0 Å². The van der Waals surface area contributed by atoms with Crippen molar-refractivity contribution in [2.75, 3.05) is 0 Å². The molecule has 7 aromatic carbocycles. The number of hydrogen-bond acceptors (Lipinski definition) is 4. The standard InChI is InChI=1S/C44H24N2S2/c1-3-7-39-29(5-1)33-11-9-31-35(25-13-17-45-18-14-25)22-27-21-28-23-36(26-15-19-46-20-16-26)32-10-12-34-30-6-2-4-8-40(30)48-44(34)42(32)38(28)24-37(27)41(31)43(33)47-39/h1-24H. The van der Waals surface area contributed by atoms with Crippen molar-refractivity contribution in [2.45, 2.75) is 0 Å². The minimum Gasteiger partial charge on any atom is -0.265 e. The SMILES string of the molecule is c1ccc2c(c1)sc1c2ccc2c(-c3ccncc3)cc3cc4cc(-c5ccncc5)c5ccc6c7ccccc7sc6c5c4cc3c21. The molecule has 0 atom stereocenters.